The van der Waals surface area contributed by atoms with Crippen LogP contribution in [-0.2, 0) is 0 Å². The Balaban J connectivity index is 1.66. The van der Waals surface area contributed by atoms with E-state index in [0.29, 0.717) is 29.4 Å². The average molecular weight is 425 g/mol. The van der Waals surface area contributed by atoms with E-state index < -0.39 is 0 Å². The molecule has 4 nitrogen and oxygen atoms in total. The fourth-order valence-corrected chi connectivity index (χ4v) is 3.60. The first-order valence-electron chi connectivity index (χ1n) is 11.2. The zero-order valence-corrected chi connectivity index (χ0v) is 18.4. The molecule has 3 aromatic carbocycles. The summed E-state index contributed by atoms with van der Waals surface area (Å²) in [6.45, 7) is 2.85. The molecule has 0 aliphatic rings. The van der Waals surface area contributed by atoms with Crippen LogP contribution in [0.3, 0.4) is 0 Å². The summed E-state index contributed by atoms with van der Waals surface area (Å²) in [5.41, 5.74) is 4.06. The summed E-state index contributed by atoms with van der Waals surface area (Å²) < 4.78 is 5.82. The first-order chi connectivity index (χ1) is 15.7. The van der Waals surface area contributed by atoms with Crippen LogP contribution in [0, 0.1) is 0 Å². The Morgan fingerprint density at radius 1 is 0.719 bits per heavy atom. The van der Waals surface area contributed by atoms with Crippen molar-refractivity contribution >= 4 is 0 Å². The molecular formula is C28H28N2O2. The summed E-state index contributed by atoms with van der Waals surface area (Å²) in [7, 11) is 0. The topological polar surface area (TPSA) is 55.2 Å². The molecule has 0 saturated carbocycles. The van der Waals surface area contributed by atoms with Gasteiger partial charge in [0, 0.05) is 22.8 Å². The molecule has 0 spiro atoms. The fraction of sp³-hybridized carbons (Fsp3) is 0.214. The van der Waals surface area contributed by atoms with Gasteiger partial charge in [0.2, 0.25) is 0 Å². The second-order valence-corrected chi connectivity index (χ2v) is 7.78. The zero-order valence-electron chi connectivity index (χ0n) is 18.4. The number of hydrogen-bond donors (Lipinski definition) is 1. The third-order valence-electron chi connectivity index (χ3n) is 5.34. The molecule has 0 saturated heterocycles. The molecule has 4 aromatic rings. The third-order valence-corrected chi connectivity index (χ3v) is 5.34. The Morgan fingerprint density at radius 2 is 1.41 bits per heavy atom. The number of aromatic hydroxyl groups is 1. The van der Waals surface area contributed by atoms with Crippen LogP contribution in [0.4, 0.5) is 0 Å². The molecule has 0 radical (unpaired) electrons. The number of hydrogen-bond acceptors (Lipinski definition) is 4. The van der Waals surface area contributed by atoms with E-state index in [1.807, 2.05) is 78.9 Å². The van der Waals surface area contributed by atoms with Gasteiger partial charge in [-0.15, -0.1) is 0 Å². The van der Waals surface area contributed by atoms with E-state index in [4.69, 9.17) is 14.7 Å². The Kier molecular flexibility index (Phi) is 7.13. The summed E-state index contributed by atoms with van der Waals surface area (Å²) >= 11 is 0. The second-order valence-electron chi connectivity index (χ2n) is 7.78. The zero-order chi connectivity index (χ0) is 22.2. The normalized spacial score (nSPS) is 10.8. The molecular weight excluding hydrogens is 396 g/mol. The highest BCUT2D eigenvalue weighted by Gasteiger charge is 2.13. The molecule has 4 heteroatoms. The number of aromatic nitrogens is 2. The summed E-state index contributed by atoms with van der Waals surface area (Å²) in [5.74, 6) is 1.44. The Bertz CT molecular complexity index is 1090. The fourth-order valence-electron chi connectivity index (χ4n) is 3.60. The van der Waals surface area contributed by atoms with Crippen molar-refractivity contribution in [2.24, 2.45) is 0 Å². The van der Waals surface area contributed by atoms with E-state index in [1.54, 1.807) is 6.07 Å². The summed E-state index contributed by atoms with van der Waals surface area (Å²) in [6, 6.07) is 27.2. The number of nitrogens with zero attached hydrogens (tertiary/aromatic N) is 2. The number of ether oxygens (including phenoxy) is 1. The van der Waals surface area contributed by atoms with Crippen molar-refractivity contribution in [1.29, 1.82) is 0 Å². The van der Waals surface area contributed by atoms with Crippen LogP contribution in [0.1, 0.15) is 32.6 Å². The number of unbranched alkanes of at least 4 members (excludes halogenated alkanes) is 3. The highest BCUT2D eigenvalue weighted by atomic mass is 16.5. The maximum absolute atomic E-state index is 10.8. The Labute approximate surface area is 189 Å². The minimum absolute atomic E-state index is 0.146. The van der Waals surface area contributed by atoms with Gasteiger partial charge in [-0.2, -0.15) is 0 Å². The van der Waals surface area contributed by atoms with E-state index in [9.17, 15) is 5.11 Å². The smallest absolute Gasteiger partial charge is 0.160 e. The van der Waals surface area contributed by atoms with Gasteiger partial charge >= 0.3 is 0 Å². The van der Waals surface area contributed by atoms with Gasteiger partial charge in [0.25, 0.3) is 0 Å². The van der Waals surface area contributed by atoms with E-state index in [2.05, 4.69) is 6.92 Å². The van der Waals surface area contributed by atoms with E-state index in [1.165, 1.54) is 12.8 Å². The minimum atomic E-state index is 0.146. The molecule has 32 heavy (non-hydrogen) atoms. The first kappa shape index (κ1) is 21.6. The molecule has 0 amide bonds. The molecule has 4 rings (SSSR count). The number of phenols is 1. The van der Waals surface area contributed by atoms with Crippen LogP contribution in [0.5, 0.6) is 11.5 Å². The molecule has 0 fully saturated rings. The van der Waals surface area contributed by atoms with Crippen molar-refractivity contribution in [2.45, 2.75) is 32.6 Å². The molecule has 0 aliphatic heterocycles. The largest absolute Gasteiger partial charge is 0.507 e. The maximum Gasteiger partial charge on any atom is 0.160 e. The Hall–Kier alpha value is -3.66. The number of rotatable bonds is 9. The van der Waals surface area contributed by atoms with Gasteiger partial charge < -0.3 is 9.84 Å². The van der Waals surface area contributed by atoms with Crippen molar-refractivity contribution in [1.82, 2.24) is 9.97 Å². The highest BCUT2D eigenvalue weighted by molar-refractivity contribution is 5.75. The van der Waals surface area contributed by atoms with Crippen LogP contribution in [0.2, 0.25) is 0 Å². The van der Waals surface area contributed by atoms with Gasteiger partial charge in [0.1, 0.15) is 11.5 Å². The lowest BCUT2D eigenvalue weighted by atomic mass is 10.1. The summed E-state index contributed by atoms with van der Waals surface area (Å²) in [4.78, 5) is 9.57. The van der Waals surface area contributed by atoms with Crippen molar-refractivity contribution in [2.75, 3.05) is 6.61 Å². The van der Waals surface area contributed by atoms with E-state index >= 15 is 0 Å². The summed E-state index contributed by atoms with van der Waals surface area (Å²) in [6.07, 6.45) is 4.59. The first-order valence-corrected chi connectivity index (χ1v) is 11.2. The molecule has 1 heterocycles. The molecule has 0 unspecified atom stereocenters. The van der Waals surface area contributed by atoms with Crippen LogP contribution >= 0.6 is 0 Å². The van der Waals surface area contributed by atoms with Gasteiger partial charge in [0.15, 0.2) is 5.82 Å². The van der Waals surface area contributed by atoms with Crippen molar-refractivity contribution in [3.05, 3.63) is 84.9 Å². The second kappa shape index (κ2) is 10.6. The maximum atomic E-state index is 10.8. The predicted molar refractivity (Wildman–Crippen MR) is 130 cm³/mol. The van der Waals surface area contributed by atoms with Gasteiger partial charge in [-0.1, -0.05) is 86.8 Å². The SMILES string of the molecule is CCCCCCOc1ccc(-c2cc(-c3ccccc3)nc(-c3ccccc3)n2)c(O)c1. The quantitative estimate of drug-likeness (QED) is 0.290. The third kappa shape index (κ3) is 5.33. The monoisotopic (exact) mass is 424 g/mol. The van der Waals surface area contributed by atoms with Crippen molar-refractivity contribution in [3.8, 4) is 45.4 Å². The van der Waals surface area contributed by atoms with Gasteiger partial charge in [-0.25, -0.2) is 9.97 Å². The van der Waals surface area contributed by atoms with Gasteiger partial charge in [0.05, 0.1) is 18.0 Å². The molecule has 1 aromatic heterocycles. The van der Waals surface area contributed by atoms with Crippen LogP contribution < -0.4 is 4.74 Å². The Morgan fingerprint density at radius 3 is 2.09 bits per heavy atom. The molecule has 0 atom stereocenters. The van der Waals surface area contributed by atoms with Gasteiger partial charge in [-0.3, -0.25) is 0 Å². The average Bonchev–Trinajstić information content (AvgIpc) is 2.85. The summed E-state index contributed by atoms with van der Waals surface area (Å²) in [5, 5.41) is 10.8. The van der Waals surface area contributed by atoms with Gasteiger partial charge in [-0.05, 0) is 24.6 Å². The minimum Gasteiger partial charge on any atom is -0.507 e. The van der Waals surface area contributed by atoms with Crippen LogP contribution in [-0.4, -0.2) is 21.7 Å². The molecule has 0 aliphatic carbocycles. The molecule has 162 valence electrons. The van der Waals surface area contributed by atoms with E-state index in [-0.39, 0.29) is 5.75 Å². The number of benzene rings is 3. The lowest BCUT2D eigenvalue weighted by molar-refractivity contribution is 0.303. The van der Waals surface area contributed by atoms with Crippen LogP contribution in [0.15, 0.2) is 84.9 Å². The van der Waals surface area contributed by atoms with Crippen LogP contribution in [0.25, 0.3) is 33.9 Å². The standard InChI is InChI=1S/C28H28N2O2/c1-2-3-4-11-18-32-23-16-17-24(27(31)19-23)26-20-25(21-12-7-5-8-13-21)29-28(30-26)22-14-9-6-10-15-22/h5-10,12-17,19-20,31H,2-4,11,18H2,1H3. The van der Waals surface area contributed by atoms with E-state index in [0.717, 1.165) is 29.7 Å². The number of phenolic OH excluding ortho intramolecular Hbond substituents is 1. The molecule has 1 N–H and O–H groups in total. The lowest BCUT2D eigenvalue weighted by Crippen LogP contribution is -1.98. The molecule has 0 bridgehead atoms. The lowest BCUT2D eigenvalue weighted by Gasteiger charge is -2.12. The highest BCUT2D eigenvalue weighted by Crippen LogP contribution is 2.34. The van der Waals surface area contributed by atoms with Crippen molar-refractivity contribution in [3.63, 3.8) is 0 Å². The van der Waals surface area contributed by atoms with Crippen molar-refractivity contribution < 1.29 is 9.84 Å². The predicted octanol–water partition coefficient (Wildman–Crippen LogP) is 7.14.